The van der Waals surface area contributed by atoms with E-state index in [1.54, 1.807) is 6.92 Å². The summed E-state index contributed by atoms with van der Waals surface area (Å²) in [7, 11) is 0. The summed E-state index contributed by atoms with van der Waals surface area (Å²) in [4.78, 5) is 16.0. The molecule has 1 aliphatic heterocycles. The highest BCUT2D eigenvalue weighted by atomic mass is 16.1. The highest BCUT2D eigenvalue weighted by Gasteiger charge is 2.35. The maximum Gasteiger partial charge on any atom is 0.217 e. The Hall–Kier alpha value is -1.16. The van der Waals surface area contributed by atoms with Gasteiger partial charge in [0.25, 0.3) is 0 Å². The lowest BCUT2D eigenvalue weighted by Crippen LogP contribution is -2.54. The van der Waals surface area contributed by atoms with Crippen LogP contribution in [-0.2, 0) is 4.79 Å². The maximum atomic E-state index is 11.2. The predicted octanol–water partition coefficient (Wildman–Crippen LogP) is 7.58. The van der Waals surface area contributed by atoms with Crippen LogP contribution in [0.2, 0.25) is 0 Å². The first kappa shape index (κ1) is 29.9. The van der Waals surface area contributed by atoms with Gasteiger partial charge in [-0.3, -0.25) is 9.28 Å². The van der Waals surface area contributed by atoms with Gasteiger partial charge in [-0.05, 0) is 39.0 Å². The summed E-state index contributed by atoms with van der Waals surface area (Å²) in [5.74, 6) is 1.45. The third-order valence-electron chi connectivity index (χ3n) is 7.30. The average molecular weight is 463 g/mol. The van der Waals surface area contributed by atoms with Gasteiger partial charge in [0.2, 0.25) is 5.91 Å². The van der Waals surface area contributed by atoms with Gasteiger partial charge in [0.15, 0.2) is 5.84 Å². The molecule has 1 amide bonds. The van der Waals surface area contributed by atoms with Crippen LogP contribution >= 0.6 is 0 Å². The molecule has 0 fully saturated rings. The second kappa shape index (κ2) is 20.2. The normalized spacial score (nSPS) is 18.2. The summed E-state index contributed by atoms with van der Waals surface area (Å²) in [6.07, 6.45) is 27.8. The number of nitrogens with zero attached hydrogens (tertiary/aromatic N) is 2. The van der Waals surface area contributed by atoms with Crippen LogP contribution < -0.4 is 5.32 Å². The Bertz CT molecular complexity index is 543. The number of rotatable bonds is 22. The van der Waals surface area contributed by atoms with E-state index in [0.717, 1.165) is 43.6 Å². The maximum absolute atomic E-state index is 11.2. The fraction of sp³-hybridized carbons (Fsp3) is 0.862. The Morgan fingerprint density at radius 2 is 1.39 bits per heavy atom. The van der Waals surface area contributed by atoms with Crippen LogP contribution in [0.1, 0.15) is 130 Å². The molecule has 192 valence electrons. The number of amidine groups is 1. The minimum atomic E-state index is 0.0715. The molecule has 0 bridgehead atoms. The summed E-state index contributed by atoms with van der Waals surface area (Å²) < 4.78 is 0.994. The topological polar surface area (TPSA) is 41.5 Å². The van der Waals surface area contributed by atoms with Crippen molar-refractivity contribution in [3.63, 3.8) is 0 Å². The number of unbranched alkanes of at least 4 members (excludes halogenated alkanes) is 14. The van der Waals surface area contributed by atoms with Crippen molar-refractivity contribution in [2.75, 3.05) is 32.7 Å². The summed E-state index contributed by atoms with van der Waals surface area (Å²) in [5.41, 5.74) is 0. The van der Waals surface area contributed by atoms with E-state index in [1.807, 2.05) is 0 Å². The van der Waals surface area contributed by atoms with E-state index in [-0.39, 0.29) is 5.91 Å². The van der Waals surface area contributed by atoms with Gasteiger partial charge < -0.3 is 5.32 Å². The SMILES string of the molecule is CCCCCCC/C=C/CCCCCCCCCCCC1=NCC[N+]1(CC)CCNC(C)=O. The lowest BCUT2D eigenvalue weighted by molar-refractivity contribution is -0.833. The molecule has 0 saturated heterocycles. The molecule has 1 rings (SSSR count). The van der Waals surface area contributed by atoms with Crippen molar-refractivity contribution in [2.45, 2.75) is 130 Å². The van der Waals surface area contributed by atoms with E-state index in [1.165, 1.54) is 109 Å². The monoisotopic (exact) mass is 462 g/mol. The minimum Gasteiger partial charge on any atom is -0.351 e. The largest absolute Gasteiger partial charge is 0.351 e. The highest BCUT2D eigenvalue weighted by molar-refractivity contribution is 5.77. The van der Waals surface area contributed by atoms with Crippen LogP contribution in [0.25, 0.3) is 0 Å². The molecule has 1 aliphatic rings. The fourth-order valence-electron chi connectivity index (χ4n) is 5.04. The number of hydrogen-bond donors (Lipinski definition) is 1. The zero-order chi connectivity index (χ0) is 24.0. The Morgan fingerprint density at radius 1 is 0.848 bits per heavy atom. The van der Waals surface area contributed by atoms with Crippen LogP contribution in [-0.4, -0.2) is 48.9 Å². The molecule has 0 aliphatic carbocycles. The van der Waals surface area contributed by atoms with Crippen LogP contribution in [0.4, 0.5) is 0 Å². The van der Waals surface area contributed by atoms with Crippen molar-refractivity contribution in [2.24, 2.45) is 4.99 Å². The quantitative estimate of drug-likeness (QED) is 0.101. The van der Waals surface area contributed by atoms with Crippen molar-refractivity contribution in [3.05, 3.63) is 12.2 Å². The number of carbonyl (C=O) groups excluding carboxylic acids is 1. The average Bonchev–Trinajstić information content (AvgIpc) is 3.21. The molecule has 0 aromatic heterocycles. The van der Waals surface area contributed by atoms with Crippen molar-refractivity contribution in [1.29, 1.82) is 0 Å². The summed E-state index contributed by atoms with van der Waals surface area (Å²) in [6, 6.07) is 0. The number of hydrogen-bond acceptors (Lipinski definition) is 2. The first-order chi connectivity index (χ1) is 16.1. The zero-order valence-electron chi connectivity index (χ0n) is 22.5. The highest BCUT2D eigenvalue weighted by Crippen LogP contribution is 2.20. The zero-order valence-corrected chi connectivity index (χ0v) is 22.5. The summed E-state index contributed by atoms with van der Waals surface area (Å²) in [6.45, 7) is 11.1. The van der Waals surface area contributed by atoms with Crippen molar-refractivity contribution >= 4 is 11.7 Å². The molecule has 0 saturated carbocycles. The van der Waals surface area contributed by atoms with Gasteiger partial charge in [0.05, 0.1) is 19.6 Å². The smallest absolute Gasteiger partial charge is 0.217 e. The predicted molar refractivity (Wildman–Crippen MR) is 145 cm³/mol. The molecular formula is C29H56N3O+. The fourth-order valence-corrected chi connectivity index (χ4v) is 5.04. The Morgan fingerprint density at radius 3 is 1.94 bits per heavy atom. The van der Waals surface area contributed by atoms with E-state index in [9.17, 15) is 4.79 Å². The number of aliphatic imine (C=N–C) groups is 1. The van der Waals surface area contributed by atoms with Crippen molar-refractivity contribution in [3.8, 4) is 0 Å². The molecule has 0 aromatic rings. The Kier molecular flexibility index (Phi) is 18.3. The van der Waals surface area contributed by atoms with Gasteiger partial charge in [0, 0.05) is 13.3 Å². The minimum absolute atomic E-state index is 0.0715. The number of amides is 1. The third-order valence-corrected chi connectivity index (χ3v) is 7.30. The van der Waals surface area contributed by atoms with Crippen molar-refractivity contribution < 1.29 is 9.28 Å². The van der Waals surface area contributed by atoms with Crippen LogP contribution in [0.15, 0.2) is 17.1 Å². The lowest BCUT2D eigenvalue weighted by atomic mass is 10.0. The van der Waals surface area contributed by atoms with E-state index in [0.29, 0.717) is 0 Å². The van der Waals surface area contributed by atoms with Gasteiger partial charge >= 0.3 is 0 Å². The molecule has 33 heavy (non-hydrogen) atoms. The van der Waals surface area contributed by atoms with Crippen LogP contribution in [0, 0.1) is 0 Å². The molecule has 4 nitrogen and oxygen atoms in total. The Balaban J connectivity index is 1.94. The summed E-state index contributed by atoms with van der Waals surface area (Å²) >= 11 is 0. The van der Waals surface area contributed by atoms with E-state index >= 15 is 0 Å². The molecule has 0 spiro atoms. The van der Waals surface area contributed by atoms with Gasteiger partial charge in [-0.15, -0.1) is 0 Å². The second-order valence-corrected chi connectivity index (χ2v) is 10.1. The second-order valence-electron chi connectivity index (χ2n) is 10.1. The van der Waals surface area contributed by atoms with E-state index in [2.05, 4.69) is 31.3 Å². The van der Waals surface area contributed by atoms with E-state index in [4.69, 9.17) is 4.99 Å². The molecule has 0 radical (unpaired) electrons. The number of nitrogens with one attached hydrogen (secondary N) is 1. The number of allylic oxidation sites excluding steroid dienone is 2. The van der Waals surface area contributed by atoms with Crippen LogP contribution in [0.5, 0.6) is 0 Å². The van der Waals surface area contributed by atoms with Gasteiger partial charge in [-0.2, -0.15) is 0 Å². The molecule has 1 N–H and O–H groups in total. The first-order valence-corrected chi connectivity index (χ1v) is 14.4. The molecule has 1 heterocycles. The van der Waals surface area contributed by atoms with Crippen molar-refractivity contribution in [1.82, 2.24) is 5.32 Å². The summed E-state index contributed by atoms with van der Waals surface area (Å²) in [5, 5.41) is 2.97. The number of quaternary nitrogens is 1. The first-order valence-electron chi connectivity index (χ1n) is 14.4. The molecular weight excluding hydrogens is 406 g/mol. The van der Waals surface area contributed by atoms with Crippen LogP contribution in [0.3, 0.4) is 0 Å². The number of likely N-dealkylation sites (N-methyl/N-ethyl adjacent to an activating group) is 1. The van der Waals surface area contributed by atoms with E-state index < -0.39 is 0 Å². The lowest BCUT2D eigenvalue weighted by Gasteiger charge is -2.33. The third kappa shape index (κ3) is 14.7. The van der Waals surface area contributed by atoms with Gasteiger partial charge in [-0.25, -0.2) is 4.99 Å². The standard InChI is InChI=1S/C29H55N3O/c1-4-6-7-8-9-10-11-12-13-14-15-16-17-18-19-20-21-22-23-29-31-25-27-32(29,5-2)26-24-30-28(3)33/h11-12H,4-10,13-27H2,1-3H3/p+1/b12-11+. The molecule has 1 atom stereocenters. The Labute approximate surface area is 206 Å². The van der Waals surface area contributed by atoms with Gasteiger partial charge in [0.1, 0.15) is 13.1 Å². The van der Waals surface area contributed by atoms with Gasteiger partial charge in [-0.1, -0.05) is 89.7 Å². The molecule has 4 heteroatoms. The number of carbonyl (C=O) groups is 1. The molecule has 0 aromatic carbocycles. The molecule has 1 unspecified atom stereocenters.